The second-order valence-electron chi connectivity index (χ2n) is 5.24. The Kier molecular flexibility index (Phi) is 3.23. The van der Waals surface area contributed by atoms with Gasteiger partial charge in [-0.2, -0.15) is 0 Å². The Hall–Kier alpha value is -2.14. The van der Waals surface area contributed by atoms with Gasteiger partial charge in [-0.15, -0.1) is 11.3 Å². The second-order valence-corrected chi connectivity index (χ2v) is 6.30. The van der Waals surface area contributed by atoms with Crippen molar-refractivity contribution in [1.82, 2.24) is 0 Å². The summed E-state index contributed by atoms with van der Waals surface area (Å²) in [6.45, 7) is 0. The molecule has 106 valence electrons. The summed E-state index contributed by atoms with van der Waals surface area (Å²) in [5.41, 5.74) is 2.82. The fraction of sp³-hybridized carbons (Fsp3) is 0. The summed E-state index contributed by atoms with van der Waals surface area (Å²) in [5.74, 6) is 0. The first-order valence-electron chi connectivity index (χ1n) is 7.11. The average Bonchev–Trinajstić information content (AvgIpc) is 2.94. The molecular formula is C18H13BO2S. The lowest BCUT2D eigenvalue weighted by molar-refractivity contribution is 0.426. The van der Waals surface area contributed by atoms with Gasteiger partial charge in [-0.1, -0.05) is 60.7 Å². The van der Waals surface area contributed by atoms with Gasteiger partial charge in [-0.25, -0.2) is 0 Å². The molecule has 0 spiro atoms. The maximum absolute atomic E-state index is 9.67. The molecule has 0 fully saturated rings. The topological polar surface area (TPSA) is 40.5 Å². The van der Waals surface area contributed by atoms with Crippen LogP contribution in [0.15, 0.2) is 66.7 Å². The van der Waals surface area contributed by atoms with E-state index in [1.165, 1.54) is 0 Å². The van der Waals surface area contributed by atoms with Gasteiger partial charge in [0.25, 0.3) is 0 Å². The molecule has 4 aromatic rings. The van der Waals surface area contributed by atoms with Gasteiger partial charge >= 0.3 is 7.12 Å². The van der Waals surface area contributed by atoms with Gasteiger partial charge in [0.2, 0.25) is 0 Å². The fourth-order valence-electron chi connectivity index (χ4n) is 2.91. The summed E-state index contributed by atoms with van der Waals surface area (Å²) >= 11 is 1.61. The van der Waals surface area contributed by atoms with Gasteiger partial charge in [0.15, 0.2) is 0 Å². The molecule has 0 amide bonds. The zero-order chi connectivity index (χ0) is 15.1. The Morgan fingerprint density at radius 1 is 0.773 bits per heavy atom. The van der Waals surface area contributed by atoms with Crippen molar-refractivity contribution in [3.05, 3.63) is 66.7 Å². The molecule has 0 aliphatic carbocycles. The lowest BCUT2D eigenvalue weighted by atomic mass is 9.78. The normalized spacial score (nSPS) is 11.2. The van der Waals surface area contributed by atoms with E-state index in [4.69, 9.17) is 0 Å². The third-order valence-corrected chi connectivity index (χ3v) is 5.14. The highest BCUT2D eigenvalue weighted by molar-refractivity contribution is 7.27. The Labute approximate surface area is 132 Å². The van der Waals surface area contributed by atoms with E-state index in [0.29, 0.717) is 5.46 Å². The van der Waals surface area contributed by atoms with E-state index >= 15 is 0 Å². The third kappa shape index (κ3) is 2.04. The van der Waals surface area contributed by atoms with Gasteiger partial charge in [-0.3, -0.25) is 0 Å². The quantitative estimate of drug-likeness (QED) is 0.557. The van der Waals surface area contributed by atoms with Gasteiger partial charge in [0.1, 0.15) is 0 Å². The SMILES string of the molecule is OB(O)c1ccc(-c2ccccc2)c2c1sc1ccccc12. The van der Waals surface area contributed by atoms with Crippen LogP contribution in [0.3, 0.4) is 0 Å². The highest BCUT2D eigenvalue weighted by Crippen LogP contribution is 2.38. The molecule has 1 aromatic heterocycles. The van der Waals surface area contributed by atoms with Crippen molar-refractivity contribution in [2.45, 2.75) is 0 Å². The lowest BCUT2D eigenvalue weighted by Gasteiger charge is -2.08. The maximum Gasteiger partial charge on any atom is 0.489 e. The molecule has 0 radical (unpaired) electrons. The molecule has 2 nitrogen and oxygen atoms in total. The van der Waals surface area contributed by atoms with Crippen molar-refractivity contribution >= 4 is 44.1 Å². The average molecular weight is 304 g/mol. The zero-order valence-electron chi connectivity index (χ0n) is 11.7. The first kappa shape index (κ1) is 13.5. The first-order valence-corrected chi connectivity index (χ1v) is 7.93. The van der Waals surface area contributed by atoms with E-state index in [1.54, 1.807) is 11.3 Å². The zero-order valence-corrected chi connectivity index (χ0v) is 12.5. The third-order valence-electron chi connectivity index (χ3n) is 3.92. The molecule has 4 rings (SSSR count). The van der Waals surface area contributed by atoms with Crippen LogP contribution >= 0.6 is 11.3 Å². The van der Waals surface area contributed by atoms with Crippen LogP contribution in [0.4, 0.5) is 0 Å². The van der Waals surface area contributed by atoms with Gasteiger partial charge in [-0.05, 0) is 22.7 Å². The Balaban J connectivity index is 2.17. The molecule has 3 aromatic carbocycles. The van der Waals surface area contributed by atoms with Crippen LogP contribution in [-0.4, -0.2) is 17.2 Å². The number of rotatable bonds is 2. The summed E-state index contributed by atoms with van der Waals surface area (Å²) in [4.78, 5) is 0. The summed E-state index contributed by atoms with van der Waals surface area (Å²) in [7, 11) is -1.46. The molecule has 0 unspecified atom stereocenters. The molecule has 0 aliphatic rings. The van der Waals surface area contributed by atoms with Crippen molar-refractivity contribution in [1.29, 1.82) is 0 Å². The van der Waals surface area contributed by atoms with E-state index < -0.39 is 7.12 Å². The predicted molar refractivity (Wildman–Crippen MR) is 94.6 cm³/mol. The minimum atomic E-state index is -1.46. The number of hydrogen-bond donors (Lipinski definition) is 2. The largest absolute Gasteiger partial charge is 0.489 e. The van der Waals surface area contributed by atoms with Crippen molar-refractivity contribution in [3.63, 3.8) is 0 Å². The monoisotopic (exact) mass is 304 g/mol. The predicted octanol–water partition coefficient (Wildman–Crippen LogP) is 3.40. The fourth-order valence-corrected chi connectivity index (χ4v) is 4.17. The van der Waals surface area contributed by atoms with Crippen molar-refractivity contribution in [2.75, 3.05) is 0 Å². The van der Waals surface area contributed by atoms with Gasteiger partial charge in [0, 0.05) is 20.2 Å². The van der Waals surface area contributed by atoms with E-state index in [0.717, 1.165) is 31.3 Å². The molecule has 0 saturated heterocycles. The molecule has 4 heteroatoms. The summed E-state index contributed by atoms with van der Waals surface area (Å²) in [6.07, 6.45) is 0. The van der Waals surface area contributed by atoms with Crippen LogP contribution in [0.2, 0.25) is 0 Å². The van der Waals surface area contributed by atoms with E-state index in [9.17, 15) is 10.0 Å². The van der Waals surface area contributed by atoms with Crippen molar-refractivity contribution < 1.29 is 10.0 Å². The maximum atomic E-state index is 9.67. The number of hydrogen-bond acceptors (Lipinski definition) is 3. The highest BCUT2D eigenvalue weighted by atomic mass is 32.1. The standard InChI is InChI=1S/C18H13BO2S/c20-19(21)15-11-10-13(12-6-2-1-3-7-12)17-14-8-4-5-9-16(14)22-18(15)17/h1-11,20-21H. The second kappa shape index (κ2) is 5.25. The molecule has 0 bridgehead atoms. The molecule has 0 aliphatic heterocycles. The van der Waals surface area contributed by atoms with Crippen LogP contribution in [0.5, 0.6) is 0 Å². The number of fused-ring (bicyclic) bond motifs is 3. The smallest absolute Gasteiger partial charge is 0.423 e. The Morgan fingerprint density at radius 2 is 1.50 bits per heavy atom. The van der Waals surface area contributed by atoms with Crippen molar-refractivity contribution in [3.8, 4) is 11.1 Å². The summed E-state index contributed by atoms with van der Waals surface area (Å²) in [6, 6.07) is 22.2. The highest BCUT2D eigenvalue weighted by Gasteiger charge is 2.20. The van der Waals surface area contributed by atoms with Gasteiger partial charge in [0.05, 0.1) is 0 Å². The number of thiophene rings is 1. The summed E-state index contributed by atoms with van der Waals surface area (Å²) < 4.78 is 2.10. The molecule has 0 atom stereocenters. The van der Waals surface area contributed by atoms with Crippen LogP contribution in [-0.2, 0) is 0 Å². The van der Waals surface area contributed by atoms with Crippen LogP contribution < -0.4 is 5.46 Å². The number of benzene rings is 3. The molecule has 2 N–H and O–H groups in total. The van der Waals surface area contributed by atoms with E-state index in [-0.39, 0.29) is 0 Å². The lowest BCUT2D eigenvalue weighted by Crippen LogP contribution is -2.29. The minimum absolute atomic E-state index is 0.566. The Morgan fingerprint density at radius 3 is 2.27 bits per heavy atom. The molecule has 1 heterocycles. The van der Waals surface area contributed by atoms with Crippen LogP contribution in [0.1, 0.15) is 0 Å². The van der Waals surface area contributed by atoms with Crippen LogP contribution in [0, 0.1) is 0 Å². The Bertz CT molecular complexity index is 961. The van der Waals surface area contributed by atoms with Crippen molar-refractivity contribution in [2.24, 2.45) is 0 Å². The van der Waals surface area contributed by atoms with Crippen LogP contribution in [0.25, 0.3) is 31.3 Å². The molecule has 0 saturated carbocycles. The minimum Gasteiger partial charge on any atom is -0.423 e. The summed E-state index contributed by atoms with van der Waals surface area (Å²) in [5, 5.41) is 21.6. The van der Waals surface area contributed by atoms with E-state index in [1.807, 2.05) is 42.5 Å². The van der Waals surface area contributed by atoms with E-state index in [2.05, 4.69) is 24.3 Å². The van der Waals surface area contributed by atoms with Gasteiger partial charge < -0.3 is 10.0 Å². The molecular weight excluding hydrogens is 291 g/mol. The first-order chi connectivity index (χ1) is 10.8. The molecule has 22 heavy (non-hydrogen) atoms.